The molecule has 1 aromatic rings. The highest BCUT2D eigenvalue weighted by Crippen LogP contribution is 2.32. The number of nitrogens with two attached hydrogens (primary N) is 1. The Labute approximate surface area is 123 Å². The number of anilines is 1. The van der Waals surface area contributed by atoms with Crippen LogP contribution in [-0.2, 0) is 9.47 Å². The lowest BCUT2D eigenvalue weighted by Gasteiger charge is -2.19. The van der Waals surface area contributed by atoms with Gasteiger partial charge in [-0.3, -0.25) is 0 Å². The third kappa shape index (κ3) is 3.96. The lowest BCUT2D eigenvalue weighted by atomic mass is 10.1. The molecule has 1 aromatic heterocycles. The fourth-order valence-corrected chi connectivity index (χ4v) is 2.52. The van der Waals surface area contributed by atoms with Crippen molar-refractivity contribution in [1.29, 1.82) is 0 Å². The Morgan fingerprint density at radius 1 is 1.20 bits per heavy atom. The lowest BCUT2D eigenvalue weighted by molar-refractivity contribution is 0.00745. The SMILES string of the molecule is Cc1c(C(=O)OC(C)(C)C)sc(N)c1C(=O)OC(C)C. The molecule has 0 saturated carbocycles. The molecule has 2 N–H and O–H groups in total. The highest BCUT2D eigenvalue weighted by atomic mass is 32.1. The van der Waals surface area contributed by atoms with Crippen LogP contribution >= 0.6 is 11.3 Å². The minimum atomic E-state index is -0.596. The third-order valence-corrected chi connectivity index (χ3v) is 3.41. The minimum absolute atomic E-state index is 0.244. The van der Waals surface area contributed by atoms with Gasteiger partial charge < -0.3 is 15.2 Å². The first-order chi connectivity index (χ1) is 9.03. The van der Waals surface area contributed by atoms with Crippen LogP contribution < -0.4 is 5.73 Å². The molecular weight excluding hydrogens is 278 g/mol. The molecule has 0 radical (unpaired) electrons. The summed E-state index contributed by atoms with van der Waals surface area (Å²) in [5.74, 6) is -0.989. The molecule has 0 aliphatic carbocycles. The molecule has 6 heteroatoms. The van der Waals surface area contributed by atoms with Gasteiger partial charge in [0.2, 0.25) is 0 Å². The van der Waals surface area contributed by atoms with Crippen LogP contribution in [0.15, 0.2) is 0 Å². The van der Waals surface area contributed by atoms with Gasteiger partial charge >= 0.3 is 11.9 Å². The Morgan fingerprint density at radius 3 is 2.20 bits per heavy atom. The van der Waals surface area contributed by atoms with Crippen molar-refractivity contribution in [2.45, 2.75) is 53.2 Å². The first-order valence-electron chi connectivity index (χ1n) is 6.36. The summed E-state index contributed by atoms with van der Waals surface area (Å²) in [7, 11) is 0. The summed E-state index contributed by atoms with van der Waals surface area (Å²) >= 11 is 1.05. The summed E-state index contributed by atoms with van der Waals surface area (Å²) in [5.41, 5.74) is 6.00. The van der Waals surface area contributed by atoms with Crippen molar-refractivity contribution in [1.82, 2.24) is 0 Å². The first-order valence-corrected chi connectivity index (χ1v) is 7.17. The van der Waals surface area contributed by atoms with Gasteiger partial charge in [-0.25, -0.2) is 9.59 Å². The number of rotatable bonds is 3. The van der Waals surface area contributed by atoms with Crippen LogP contribution in [0.4, 0.5) is 5.00 Å². The molecule has 0 fully saturated rings. The zero-order valence-electron chi connectivity index (χ0n) is 12.7. The summed E-state index contributed by atoms with van der Waals surface area (Å²) in [4.78, 5) is 24.4. The summed E-state index contributed by atoms with van der Waals surface area (Å²) in [6.45, 7) is 10.5. The van der Waals surface area contributed by atoms with Crippen molar-refractivity contribution < 1.29 is 19.1 Å². The molecule has 0 unspecified atom stereocenters. The van der Waals surface area contributed by atoms with Crippen molar-refractivity contribution in [2.75, 3.05) is 5.73 Å². The number of hydrogen-bond acceptors (Lipinski definition) is 6. The molecule has 20 heavy (non-hydrogen) atoms. The smallest absolute Gasteiger partial charge is 0.349 e. The molecule has 0 bridgehead atoms. The summed E-state index contributed by atoms with van der Waals surface area (Å²) in [5, 5.41) is 0.272. The number of hydrogen-bond donors (Lipinski definition) is 1. The molecule has 0 aromatic carbocycles. The Balaban J connectivity index is 3.09. The summed E-state index contributed by atoms with van der Waals surface area (Å²) < 4.78 is 10.4. The van der Waals surface area contributed by atoms with Gasteiger partial charge in [-0.05, 0) is 47.1 Å². The Kier molecular flexibility index (Phi) is 4.81. The van der Waals surface area contributed by atoms with Gasteiger partial charge in [0.05, 0.1) is 11.7 Å². The van der Waals surface area contributed by atoms with E-state index >= 15 is 0 Å². The maximum atomic E-state index is 12.1. The van der Waals surface area contributed by atoms with Crippen LogP contribution in [-0.4, -0.2) is 23.6 Å². The summed E-state index contributed by atoms with van der Waals surface area (Å²) in [6, 6.07) is 0. The predicted molar refractivity (Wildman–Crippen MR) is 79.2 cm³/mol. The molecule has 5 nitrogen and oxygen atoms in total. The predicted octanol–water partition coefficient (Wildman–Crippen LogP) is 3.16. The largest absolute Gasteiger partial charge is 0.459 e. The van der Waals surface area contributed by atoms with Crippen molar-refractivity contribution in [3.8, 4) is 0 Å². The van der Waals surface area contributed by atoms with Gasteiger partial charge in [0, 0.05) is 0 Å². The summed E-state index contributed by atoms with van der Waals surface area (Å²) in [6.07, 6.45) is -0.244. The minimum Gasteiger partial charge on any atom is -0.459 e. The van der Waals surface area contributed by atoms with Crippen molar-refractivity contribution >= 4 is 28.3 Å². The van der Waals surface area contributed by atoms with E-state index in [9.17, 15) is 9.59 Å². The van der Waals surface area contributed by atoms with E-state index in [4.69, 9.17) is 15.2 Å². The van der Waals surface area contributed by atoms with Gasteiger partial charge in [-0.1, -0.05) is 0 Å². The monoisotopic (exact) mass is 299 g/mol. The number of nitrogen functional groups attached to an aromatic ring is 1. The van der Waals surface area contributed by atoms with E-state index < -0.39 is 17.5 Å². The van der Waals surface area contributed by atoms with Gasteiger partial charge in [0.15, 0.2) is 0 Å². The molecule has 0 aliphatic rings. The normalized spacial score (nSPS) is 11.6. The molecule has 0 spiro atoms. The second-order valence-corrected chi connectivity index (χ2v) is 6.80. The van der Waals surface area contributed by atoms with E-state index in [1.807, 2.05) is 0 Å². The zero-order valence-corrected chi connectivity index (χ0v) is 13.5. The van der Waals surface area contributed by atoms with Crippen LogP contribution in [0.3, 0.4) is 0 Å². The number of esters is 2. The molecule has 0 saturated heterocycles. The zero-order chi connectivity index (χ0) is 15.7. The lowest BCUT2D eigenvalue weighted by Crippen LogP contribution is -2.23. The quantitative estimate of drug-likeness (QED) is 0.867. The van der Waals surface area contributed by atoms with Crippen LogP contribution in [0.1, 0.15) is 60.2 Å². The van der Waals surface area contributed by atoms with Gasteiger partial charge in [0.25, 0.3) is 0 Å². The maximum Gasteiger partial charge on any atom is 0.349 e. The molecule has 0 atom stereocenters. The molecule has 112 valence electrons. The van der Waals surface area contributed by atoms with E-state index in [-0.39, 0.29) is 16.7 Å². The van der Waals surface area contributed by atoms with E-state index in [0.717, 1.165) is 11.3 Å². The van der Waals surface area contributed by atoms with E-state index in [2.05, 4.69) is 0 Å². The van der Waals surface area contributed by atoms with Crippen molar-refractivity contribution in [3.05, 3.63) is 16.0 Å². The highest BCUT2D eigenvalue weighted by molar-refractivity contribution is 7.18. The topological polar surface area (TPSA) is 78.6 Å². The number of thiophene rings is 1. The molecule has 0 aliphatic heterocycles. The van der Waals surface area contributed by atoms with Gasteiger partial charge in [-0.15, -0.1) is 11.3 Å². The van der Waals surface area contributed by atoms with Crippen LogP contribution in [0.5, 0.6) is 0 Å². The third-order valence-electron chi connectivity index (χ3n) is 2.31. The van der Waals surface area contributed by atoms with Crippen molar-refractivity contribution in [3.63, 3.8) is 0 Å². The van der Waals surface area contributed by atoms with E-state index in [0.29, 0.717) is 10.4 Å². The Morgan fingerprint density at radius 2 is 1.75 bits per heavy atom. The Bertz CT molecular complexity index is 526. The van der Waals surface area contributed by atoms with Gasteiger partial charge in [-0.2, -0.15) is 0 Å². The average Bonchev–Trinajstić information content (AvgIpc) is 2.50. The van der Waals surface area contributed by atoms with Crippen molar-refractivity contribution in [2.24, 2.45) is 0 Å². The van der Waals surface area contributed by atoms with E-state index in [1.54, 1.807) is 41.5 Å². The molecule has 0 amide bonds. The standard InChI is InChI=1S/C14H21NO4S/c1-7(2)18-12(16)9-8(3)10(20-11(9)15)13(17)19-14(4,5)6/h7H,15H2,1-6H3. The fourth-order valence-electron chi connectivity index (χ4n) is 1.58. The molecule has 1 heterocycles. The Hall–Kier alpha value is -1.56. The second kappa shape index (κ2) is 5.83. The maximum absolute atomic E-state index is 12.1. The molecule has 1 rings (SSSR count). The number of carbonyl (C=O) groups excluding carboxylic acids is 2. The second-order valence-electron chi connectivity index (χ2n) is 5.75. The fraction of sp³-hybridized carbons (Fsp3) is 0.571. The number of ether oxygens (including phenoxy) is 2. The van der Waals surface area contributed by atoms with Crippen LogP contribution in [0.25, 0.3) is 0 Å². The number of carbonyl (C=O) groups is 2. The molecular formula is C14H21NO4S. The van der Waals surface area contributed by atoms with Crippen LogP contribution in [0, 0.1) is 6.92 Å². The average molecular weight is 299 g/mol. The first kappa shape index (κ1) is 16.5. The van der Waals surface area contributed by atoms with Gasteiger partial charge in [0.1, 0.15) is 15.5 Å². The van der Waals surface area contributed by atoms with E-state index in [1.165, 1.54) is 0 Å². The highest BCUT2D eigenvalue weighted by Gasteiger charge is 2.27. The van der Waals surface area contributed by atoms with Crippen LogP contribution in [0.2, 0.25) is 0 Å².